The molecule has 5 amide bonds. The molecule has 53 heavy (non-hydrogen) atoms. The molecule has 17 heteroatoms. The summed E-state index contributed by atoms with van der Waals surface area (Å²) in [4.78, 5) is 71.5. The highest BCUT2D eigenvalue weighted by Gasteiger charge is 2.14. The van der Waals surface area contributed by atoms with Crippen LogP contribution in [-0.4, -0.2) is 108 Å². The molecule has 0 spiro atoms. The maximum Gasteiger partial charge on any atom is 0.248 e. The van der Waals surface area contributed by atoms with Crippen LogP contribution in [0.5, 0.6) is 0 Å². The van der Waals surface area contributed by atoms with E-state index >= 15 is 0 Å². The van der Waals surface area contributed by atoms with Gasteiger partial charge in [-0.25, -0.2) is 9.97 Å². The van der Waals surface area contributed by atoms with Gasteiger partial charge in [0.05, 0.1) is 0 Å². The molecule has 294 valence electrons. The molecule has 0 saturated carbocycles. The van der Waals surface area contributed by atoms with Gasteiger partial charge in [0, 0.05) is 95.5 Å². The van der Waals surface area contributed by atoms with E-state index in [-0.39, 0.29) is 36.1 Å². The van der Waals surface area contributed by atoms with Gasteiger partial charge in [0.2, 0.25) is 29.5 Å². The van der Waals surface area contributed by atoms with Crippen LogP contribution in [0.15, 0.2) is 58.8 Å². The number of carbonyl (C=O) groups excluding carboxylic acids is 5. The Hall–Kier alpha value is -2.99. The fourth-order valence-electron chi connectivity index (χ4n) is 4.55. The quantitative estimate of drug-likeness (QED) is 0.0602. The number of hydrogen-bond acceptors (Lipinski definition) is 12. The fraction of sp³-hybridized carbons (Fsp3) is 0.583. The van der Waals surface area contributed by atoms with E-state index in [1.54, 1.807) is 60.5 Å². The first-order chi connectivity index (χ1) is 25.9. The van der Waals surface area contributed by atoms with E-state index in [9.17, 15) is 24.0 Å². The summed E-state index contributed by atoms with van der Waals surface area (Å²) in [6, 6.07) is 11.5. The van der Waals surface area contributed by atoms with E-state index < -0.39 is 0 Å². The third-order valence-corrected chi connectivity index (χ3v) is 11.9. The average Bonchev–Trinajstić information content (AvgIpc) is 3.17. The molecule has 0 bridgehead atoms. The van der Waals surface area contributed by atoms with Crippen molar-refractivity contribution < 1.29 is 28.7 Å². The van der Waals surface area contributed by atoms with Crippen molar-refractivity contribution in [1.82, 2.24) is 36.1 Å². The summed E-state index contributed by atoms with van der Waals surface area (Å²) in [5.41, 5.74) is 0. The normalized spacial score (nSPS) is 10.7. The lowest BCUT2D eigenvalue weighted by Crippen LogP contribution is -2.44. The Morgan fingerprint density at radius 2 is 1.06 bits per heavy atom. The summed E-state index contributed by atoms with van der Waals surface area (Å²) in [6.45, 7) is 4.56. The Bertz CT molecular complexity index is 1230. The van der Waals surface area contributed by atoms with Crippen LogP contribution in [0.3, 0.4) is 0 Å². The van der Waals surface area contributed by atoms with Gasteiger partial charge in [-0.1, -0.05) is 46.6 Å². The van der Waals surface area contributed by atoms with Crippen molar-refractivity contribution in [3.8, 4) is 0 Å². The van der Waals surface area contributed by atoms with E-state index in [4.69, 9.17) is 4.74 Å². The van der Waals surface area contributed by atoms with Gasteiger partial charge in [-0.2, -0.15) is 0 Å². The molecule has 13 nitrogen and oxygen atoms in total. The number of ether oxygens (including phenoxy) is 1. The second kappa shape index (κ2) is 31.4. The zero-order valence-electron chi connectivity index (χ0n) is 30.7. The molecule has 0 saturated heterocycles. The Morgan fingerprint density at radius 3 is 1.49 bits per heavy atom. The van der Waals surface area contributed by atoms with E-state index in [2.05, 4.69) is 31.2 Å². The maximum absolute atomic E-state index is 12.7. The molecule has 2 aromatic rings. The number of amides is 5. The van der Waals surface area contributed by atoms with Crippen molar-refractivity contribution in [2.24, 2.45) is 0 Å². The van der Waals surface area contributed by atoms with Gasteiger partial charge in [0.15, 0.2) is 0 Å². The molecule has 0 aliphatic rings. The number of nitrogens with one attached hydrogen (secondary N) is 4. The van der Waals surface area contributed by atoms with Gasteiger partial charge in [-0.3, -0.25) is 24.0 Å². The molecule has 0 aromatic carbocycles. The van der Waals surface area contributed by atoms with Gasteiger partial charge < -0.3 is 30.9 Å². The number of aromatic nitrogens is 2. The highest BCUT2D eigenvalue weighted by molar-refractivity contribution is 8.77. The molecule has 0 radical (unpaired) electrons. The van der Waals surface area contributed by atoms with Crippen LogP contribution in [0, 0.1) is 0 Å². The van der Waals surface area contributed by atoms with Crippen molar-refractivity contribution in [2.75, 3.05) is 64.0 Å². The summed E-state index contributed by atoms with van der Waals surface area (Å²) in [5.74, 6) is 1.08. The zero-order chi connectivity index (χ0) is 38.2. The van der Waals surface area contributed by atoms with Gasteiger partial charge in [0.1, 0.15) is 16.7 Å². The van der Waals surface area contributed by atoms with Gasteiger partial charge in [-0.15, -0.1) is 0 Å². The number of pyridine rings is 2. The van der Waals surface area contributed by atoms with E-state index in [0.29, 0.717) is 95.9 Å². The van der Waals surface area contributed by atoms with Gasteiger partial charge >= 0.3 is 0 Å². The van der Waals surface area contributed by atoms with Crippen molar-refractivity contribution >= 4 is 72.7 Å². The average molecular weight is 810 g/mol. The SMILES string of the molecule is CCOCC(=O)N(CCNC(=O)CCCCCNC(=O)CCSSc1ccccn1)CCNC(=O)CCCCCNC(=O)CCSSc1ccccn1. The van der Waals surface area contributed by atoms with Crippen molar-refractivity contribution in [3.63, 3.8) is 0 Å². The highest BCUT2D eigenvalue weighted by Crippen LogP contribution is 2.30. The van der Waals surface area contributed by atoms with Crippen molar-refractivity contribution in [1.29, 1.82) is 0 Å². The van der Waals surface area contributed by atoms with E-state index in [1.807, 2.05) is 43.3 Å². The number of unbranched alkanes of at least 4 members (excludes halogenated alkanes) is 4. The molecule has 2 aromatic heterocycles. The predicted molar refractivity (Wildman–Crippen MR) is 216 cm³/mol. The van der Waals surface area contributed by atoms with Crippen LogP contribution < -0.4 is 21.3 Å². The molecule has 2 heterocycles. The van der Waals surface area contributed by atoms with Gasteiger partial charge in [0.25, 0.3) is 0 Å². The smallest absolute Gasteiger partial charge is 0.248 e. The molecule has 0 fully saturated rings. The van der Waals surface area contributed by atoms with Crippen molar-refractivity contribution in [2.45, 2.75) is 81.2 Å². The first-order valence-electron chi connectivity index (χ1n) is 18.2. The van der Waals surface area contributed by atoms with Crippen LogP contribution in [0.25, 0.3) is 0 Å². The lowest BCUT2D eigenvalue weighted by atomic mass is 10.2. The fourth-order valence-corrected chi connectivity index (χ4v) is 8.29. The van der Waals surface area contributed by atoms with Gasteiger partial charge in [-0.05, 0) is 78.5 Å². The topological polar surface area (TPSA) is 172 Å². The van der Waals surface area contributed by atoms with Crippen LogP contribution in [0.1, 0.15) is 71.1 Å². The summed E-state index contributed by atoms with van der Waals surface area (Å²) in [5, 5.41) is 13.5. The Morgan fingerprint density at radius 1 is 0.604 bits per heavy atom. The van der Waals surface area contributed by atoms with E-state index in [1.165, 1.54) is 0 Å². The Labute approximate surface area is 330 Å². The lowest BCUT2D eigenvalue weighted by molar-refractivity contribution is -0.136. The molecule has 0 atom stereocenters. The minimum absolute atomic E-state index is 0.0208. The Kier molecular flexibility index (Phi) is 27.3. The van der Waals surface area contributed by atoms with Crippen molar-refractivity contribution in [3.05, 3.63) is 48.8 Å². The molecule has 0 aliphatic heterocycles. The summed E-state index contributed by atoms with van der Waals surface area (Å²) in [6.07, 6.45) is 9.78. The molecule has 4 N–H and O–H groups in total. The summed E-state index contributed by atoms with van der Waals surface area (Å²) < 4.78 is 5.29. The Balaban J connectivity index is 1.47. The monoisotopic (exact) mass is 809 g/mol. The predicted octanol–water partition coefficient (Wildman–Crippen LogP) is 4.89. The first-order valence-corrected chi connectivity index (χ1v) is 22.8. The second-order valence-corrected chi connectivity index (χ2v) is 16.6. The second-order valence-electron chi connectivity index (χ2n) is 11.7. The minimum Gasteiger partial charge on any atom is -0.372 e. The van der Waals surface area contributed by atoms with Crippen LogP contribution in [-0.2, 0) is 28.7 Å². The standard InChI is InChI=1S/C36H55N7O6S4/c1-2-49-29-36(48)43(25-23-39-30(44)13-5-3-9-19-37-32(46)17-27-50-52-34-15-7-11-21-41-34)26-24-40-31(45)14-6-4-10-20-38-33(47)18-28-51-53-35-16-8-12-22-42-35/h7-8,11-12,15-16,21-22H,2-6,9-10,13-14,17-20,23-29H2,1H3,(H,37,46)(H,38,47)(H,39,44)(H,40,45). The molecule has 2 rings (SSSR count). The molecular weight excluding hydrogens is 755 g/mol. The third kappa shape index (κ3) is 25.6. The molecule has 0 aliphatic carbocycles. The summed E-state index contributed by atoms with van der Waals surface area (Å²) in [7, 11) is 6.32. The number of nitrogens with zero attached hydrogens (tertiary/aromatic N) is 3. The zero-order valence-corrected chi connectivity index (χ0v) is 34.0. The highest BCUT2D eigenvalue weighted by atomic mass is 33.1. The van der Waals surface area contributed by atoms with E-state index in [0.717, 1.165) is 35.7 Å². The largest absolute Gasteiger partial charge is 0.372 e. The number of rotatable bonds is 31. The molecule has 0 unspecified atom stereocenters. The van der Waals surface area contributed by atoms with Crippen LogP contribution in [0.4, 0.5) is 0 Å². The summed E-state index contributed by atoms with van der Waals surface area (Å²) >= 11 is 0. The lowest BCUT2D eigenvalue weighted by Gasteiger charge is -2.23. The molecular formula is C36H55N7O6S4. The maximum atomic E-state index is 12.7. The number of carbonyl (C=O) groups is 5. The minimum atomic E-state index is -0.199. The van der Waals surface area contributed by atoms with Crippen LogP contribution in [0.2, 0.25) is 0 Å². The third-order valence-electron chi connectivity index (χ3n) is 7.38. The number of hydrogen-bond donors (Lipinski definition) is 4. The first kappa shape index (κ1) is 46.2. The van der Waals surface area contributed by atoms with Crippen LogP contribution >= 0.6 is 43.2 Å².